The molecule has 2 fully saturated rings. The van der Waals surface area contributed by atoms with Gasteiger partial charge in [0, 0.05) is 59.3 Å². The molecule has 0 unspecified atom stereocenters. The van der Waals surface area contributed by atoms with E-state index in [1.54, 1.807) is 7.11 Å². The lowest BCUT2D eigenvalue weighted by Crippen LogP contribution is -2.50. The molecule has 0 spiro atoms. The number of piperazine rings is 1. The van der Waals surface area contributed by atoms with Crippen molar-refractivity contribution in [2.45, 2.75) is 32.1 Å². The number of amides is 1. The van der Waals surface area contributed by atoms with Crippen LogP contribution in [0.2, 0.25) is 5.02 Å². The van der Waals surface area contributed by atoms with Crippen LogP contribution in [-0.2, 0) is 4.79 Å². The van der Waals surface area contributed by atoms with Gasteiger partial charge < -0.3 is 19.9 Å². The number of hydrogen-bond donors (Lipinski definition) is 1. The van der Waals surface area contributed by atoms with Crippen LogP contribution in [0.5, 0.6) is 5.75 Å². The summed E-state index contributed by atoms with van der Waals surface area (Å²) in [7, 11) is 1.67. The number of pyridine rings is 1. The van der Waals surface area contributed by atoms with Gasteiger partial charge in [0.2, 0.25) is 5.91 Å². The SMILES string of the molecule is COc1ccc2nc3cc(Cl)ccc3c(Nc3ccc(N4CCN(C(=O)C5CCCCC5)CC4)cc3)c2c1. The summed E-state index contributed by atoms with van der Waals surface area (Å²) in [6, 6.07) is 20.3. The van der Waals surface area contributed by atoms with Crippen molar-refractivity contribution in [2.24, 2.45) is 5.92 Å². The highest BCUT2D eigenvalue weighted by Crippen LogP contribution is 2.36. The number of carbonyl (C=O) groups is 1. The standard InChI is InChI=1S/C31H33ClN4O2/c1-38-25-12-14-28-27(20-25)30(26-13-7-22(32)19-29(26)34-28)33-23-8-10-24(11-9-23)35-15-17-36(18-16-35)31(37)21-5-3-2-4-6-21/h7-14,19-21H,2-6,15-18H2,1H3,(H,33,34). The second-order valence-corrected chi connectivity index (χ2v) is 10.8. The van der Waals surface area contributed by atoms with E-state index in [0.717, 1.165) is 78.0 Å². The smallest absolute Gasteiger partial charge is 0.225 e. The zero-order chi connectivity index (χ0) is 26.1. The molecule has 1 saturated heterocycles. The number of aromatic nitrogens is 1. The number of rotatable bonds is 5. The van der Waals surface area contributed by atoms with Crippen LogP contribution in [0.4, 0.5) is 17.1 Å². The lowest BCUT2D eigenvalue weighted by atomic mass is 9.88. The molecule has 6 nitrogen and oxygen atoms in total. The zero-order valence-electron chi connectivity index (χ0n) is 21.8. The molecule has 2 aliphatic rings. The van der Waals surface area contributed by atoms with Crippen molar-refractivity contribution >= 4 is 56.4 Å². The molecule has 1 saturated carbocycles. The van der Waals surface area contributed by atoms with E-state index in [1.165, 1.54) is 24.9 Å². The molecule has 4 aromatic rings. The summed E-state index contributed by atoms with van der Waals surface area (Å²) in [5, 5.41) is 6.29. The Morgan fingerprint density at radius 3 is 2.39 bits per heavy atom. The maximum Gasteiger partial charge on any atom is 0.225 e. The Hall–Kier alpha value is -3.51. The summed E-state index contributed by atoms with van der Waals surface area (Å²) in [6.07, 6.45) is 5.80. The van der Waals surface area contributed by atoms with Crippen molar-refractivity contribution < 1.29 is 9.53 Å². The third-order valence-corrected chi connectivity index (χ3v) is 8.23. The Kier molecular flexibility index (Phi) is 6.98. The highest BCUT2D eigenvalue weighted by molar-refractivity contribution is 6.31. The molecule has 1 aliphatic heterocycles. The molecular weight excluding hydrogens is 496 g/mol. The molecule has 38 heavy (non-hydrogen) atoms. The second kappa shape index (κ2) is 10.7. The van der Waals surface area contributed by atoms with E-state index < -0.39 is 0 Å². The number of nitrogens with zero attached hydrogens (tertiary/aromatic N) is 3. The van der Waals surface area contributed by atoms with Gasteiger partial charge in [0.1, 0.15) is 5.75 Å². The maximum atomic E-state index is 12.9. The molecule has 3 aromatic carbocycles. The van der Waals surface area contributed by atoms with Crippen LogP contribution in [0.15, 0.2) is 60.7 Å². The van der Waals surface area contributed by atoms with E-state index in [0.29, 0.717) is 10.9 Å². The van der Waals surface area contributed by atoms with Crippen molar-refractivity contribution in [1.29, 1.82) is 0 Å². The van der Waals surface area contributed by atoms with Crippen LogP contribution in [0.25, 0.3) is 21.8 Å². The Bertz CT molecular complexity index is 1460. The predicted octanol–water partition coefficient (Wildman–Crippen LogP) is 7.02. The molecular formula is C31H33ClN4O2. The Morgan fingerprint density at radius 2 is 1.66 bits per heavy atom. The first kappa shape index (κ1) is 24.8. The van der Waals surface area contributed by atoms with Gasteiger partial charge in [-0.1, -0.05) is 30.9 Å². The molecule has 7 heteroatoms. The number of benzene rings is 3. The van der Waals surface area contributed by atoms with E-state index in [4.69, 9.17) is 21.3 Å². The average molecular weight is 529 g/mol. The minimum absolute atomic E-state index is 0.247. The summed E-state index contributed by atoms with van der Waals surface area (Å²) < 4.78 is 5.49. The van der Waals surface area contributed by atoms with Crippen molar-refractivity contribution in [3.8, 4) is 5.75 Å². The van der Waals surface area contributed by atoms with Crippen molar-refractivity contribution in [2.75, 3.05) is 43.5 Å². The highest BCUT2D eigenvalue weighted by atomic mass is 35.5. The van der Waals surface area contributed by atoms with E-state index in [2.05, 4.69) is 39.4 Å². The second-order valence-electron chi connectivity index (χ2n) is 10.4. The van der Waals surface area contributed by atoms with Gasteiger partial charge in [-0.15, -0.1) is 0 Å². The van der Waals surface area contributed by atoms with E-state index in [9.17, 15) is 4.79 Å². The van der Waals surface area contributed by atoms with Crippen LogP contribution in [0.3, 0.4) is 0 Å². The average Bonchev–Trinajstić information content (AvgIpc) is 2.97. The number of carbonyl (C=O) groups excluding carboxylic acids is 1. The first-order valence-electron chi connectivity index (χ1n) is 13.6. The van der Waals surface area contributed by atoms with Crippen LogP contribution >= 0.6 is 11.6 Å². The molecule has 0 atom stereocenters. The fourth-order valence-corrected chi connectivity index (χ4v) is 6.02. The maximum absolute atomic E-state index is 12.9. The molecule has 0 bridgehead atoms. The molecule has 1 N–H and O–H groups in total. The molecule has 1 amide bonds. The van der Waals surface area contributed by atoms with Gasteiger partial charge in [-0.3, -0.25) is 4.79 Å². The molecule has 196 valence electrons. The van der Waals surface area contributed by atoms with Crippen LogP contribution in [0.1, 0.15) is 32.1 Å². The van der Waals surface area contributed by atoms with Crippen LogP contribution in [-0.4, -0.2) is 49.1 Å². The van der Waals surface area contributed by atoms with Crippen LogP contribution < -0.4 is 15.0 Å². The first-order chi connectivity index (χ1) is 18.6. The van der Waals surface area contributed by atoms with Crippen molar-refractivity contribution in [1.82, 2.24) is 9.88 Å². The summed E-state index contributed by atoms with van der Waals surface area (Å²) >= 11 is 6.28. The quantitative estimate of drug-likeness (QED) is 0.282. The molecule has 2 heterocycles. The minimum Gasteiger partial charge on any atom is -0.497 e. The molecule has 1 aliphatic carbocycles. The van der Waals surface area contributed by atoms with Gasteiger partial charge >= 0.3 is 0 Å². The van der Waals surface area contributed by atoms with E-state index in [-0.39, 0.29) is 5.92 Å². The van der Waals surface area contributed by atoms with Crippen molar-refractivity contribution in [3.05, 3.63) is 65.7 Å². The van der Waals surface area contributed by atoms with E-state index in [1.807, 2.05) is 36.4 Å². The Labute approximate surface area is 228 Å². The minimum atomic E-state index is 0.247. The summed E-state index contributed by atoms with van der Waals surface area (Å²) in [6.45, 7) is 3.33. The number of hydrogen-bond acceptors (Lipinski definition) is 5. The Morgan fingerprint density at radius 1 is 0.895 bits per heavy atom. The Balaban J connectivity index is 1.20. The van der Waals surface area contributed by atoms with Gasteiger partial charge in [0.05, 0.1) is 23.8 Å². The molecule has 6 rings (SSSR count). The van der Waals surface area contributed by atoms with Gasteiger partial charge in [-0.25, -0.2) is 4.98 Å². The number of nitrogens with one attached hydrogen (secondary N) is 1. The summed E-state index contributed by atoms with van der Waals surface area (Å²) in [5.41, 5.74) is 4.86. The number of halogens is 1. The fourth-order valence-electron chi connectivity index (χ4n) is 5.85. The van der Waals surface area contributed by atoms with Gasteiger partial charge in [-0.05, 0) is 73.5 Å². The largest absolute Gasteiger partial charge is 0.497 e. The normalized spacial score (nSPS) is 16.7. The number of methoxy groups -OCH3 is 1. The van der Waals surface area contributed by atoms with Gasteiger partial charge in [-0.2, -0.15) is 0 Å². The molecule has 1 aromatic heterocycles. The lowest BCUT2D eigenvalue weighted by Gasteiger charge is -2.38. The molecule has 0 radical (unpaired) electrons. The highest BCUT2D eigenvalue weighted by Gasteiger charge is 2.28. The topological polar surface area (TPSA) is 57.7 Å². The fraction of sp³-hybridized carbons (Fsp3) is 0.355. The number of ether oxygens (including phenoxy) is 1. The predicted molar refractivity (Wildman–Crippen MR) is 156 cm³/mol. The first-order valence-corrected chi connectivity index (χ1v) is 13.9. The third-order valence-electron chi connectivity index (χ3n) is 7.99. The van der Waals surface area contributed by atoms with Crippen molar-refractivity contribution in [3.63, 3.8) is 0 Å². The monoisotopic (exact) mass is 528 g/mol. The summed E-state index contributed by atoms with van der Waals surface area (Å²) in [4.78, 5) is 22.2. The third kappa shape index (κ3) is 4.97. The van der Waals surface area contributed by atoms with Gasteiger partial charge in [0.25, 0.3) is 0 Å². The zero-order valence-corrected chi connectivity index (χ0v) is 22.5. The van der Waals surface area contributed by atoms with Crippen LogP contribution in [0, 0.1) is 5.92 Å². The number of anilines is 3. The number of fused-ring (bicyclic) bond motifs is 2. The summed E-state index contributed by atoms with van der Waals surface area (Å²) in [5.74, 6) is 1.41. The van der Waals surface area contributed by atoms with Gasteiger partial charge in [0.15, 0.2) is 0 Å². The van der Waals surface area contributed by atoms with E-state index >= 15 is 0 Å². The lowest BCUT2D eigenvalue weighted by molar-refractivity contribution is -0.136.